The van der Waals surface area contributed by atoms with Crippen LogP contribution in [0.5, 0.6) is 11.5 Å². The third-order valence-electron chi connectivity index (χ3n) is 3.63. The Bertz CT molecular complexity index is 691. The summed E-state index contributed by atoms with van der Waals surface area (Å²) >= 11 is 6.05. The Kier molecular flexibility index (Phi) is 5.16. The zero-order chi connectivity index (χ0) is 17.0. The van der Waals surface area contributed by atoms with Crippen molar-refractivity contribution in [2.45, 2.75) is 19.4 Å². The number of rotatable bonds is 5. The van der Waals surface area contributed by atoms with Crippen LogP contribution in [0.3, 0.4) is 0 Å². The van der Waals surface area contributed by atoms with Crippen molar-refractivity contribution < 1.29 is 14.3 Å². The summed E-state index contributed by atoms with van der Waals surface area (Å²) < 4.78 is 10.6. The van der Waals surface area contributed by atoms with Crippen molar-refractivity contribution in [2.75, 3.05) is 14.2 Å². The Balaban J connectivity index is 2.35. The van der Waals surface area contributed by atoms with E-state index in [1.54, 1.807) is 24.3 Å². The molecule has 0 fully saturated rings. The van der Waals surface area contributed by atoms with Gasteiger partial charge in [0.1, 0.15) is 17.1 Å². The van der Waals surface area contributed by atoms with E-state index in [0.29, 0.717) is 22.1 Å². The maximum atomic E-state index is 12.8. The number of carbonyl (C=O) groups is 1. The van der Waals surface area contributed by atoms with Gasteiger partial charge in [-0.05, 0) is 43.7 Å². The molecule has 0 heterocycles. The fraction of sp³-hybridized carbons (Fsp3) is 0.278. The maximum Gasteiger partial charge on any atom is 0.259 e. The van der Waals surface area contributed by atoms with Crippen LogP contribution in [0.15, 0.2) is 42.5 Å². The lowest BCUT2D eigenvalue weighted by Crippen LogP contribution is -2.41. The standard InChI is InChI=1S/C18H20ClNO3/c1-18(2,12-7-5-8-13(19)11-12)20-17(21)16-14(22-3)9-6-10-15(16)23-4/h5-11H,1-4H3,(H,20,21). The van der Waals surface area contributed by atoms with Gasteiger partial charge in [0.05, 0.1) is 19.8 Å². The second-order valence-electron chi connectivity index (χ2n) is 5.63. The van der Waals surface area contributed by atoms with E-state index in [4.69, 9.17) is 21.1 Å². The fourth-order valence-corrected chi connectivity index (χ4v) is 2.56. The monoisotopic (exact) mass is 333 g/mol. The normalized spacial score (nSPS) is 11.0. The molecule has 0 radical (unpaired) electrons. The summed E-state index contributed by atoms with van der Waals surface area (Å²) in [6.45, 7) is 3.83. The van der Waals surface area contributed by atoms with Gasteiger partial charge in [-0.25, -0.2) is 0 Å². The van der Waals surface area contributed by atoms with Gasteiger partial charge < -0.3 is 14.8 Å². The summed E-state index contributed by atoms with van der Waals surface area (Å²) in [7, 11) is 3.04. The number of hydrogen-bond donors (Lipinski definition) is 1. The lowest BCUT2D eigenvalue weighted by molar-refractivity contribution is 0.0905. The first-order valence-corrected chi connectivity index (χ1v) is 7.56. The molecule has 4 nitrogen and oxygen atoms in total. The highest BCUT2D eigenvalue weighted by atomic mass is 35.5. The Morgan fingerprint density at radius 1 is 1.04 bits per heavy atom. The molecule has 0 unspecified atom stereocenters. The number of benzene rings is 2. The van der Waals surface area contributed by atoms with E-state index in [1.807, 2.05) is 32.0 Å². The van der Waals surface area contributed by atoms with Crippen molar-refractivity contribution in [3.8, 4) is 11.5 Å². The average molecular weight is 334 g/mol. The van der Waals surface area contributed by atoms with E-state index in [1.165, 1.54) is 14.2 Å². The van der Waals surface area contributed by atoms with Crippen LogP contribution in [-0.2, 0) is 5.54 Å². The van der Waals surface area contributed by atoms with Crippen LogP contribution in [0.4, 0.5) is 0 Å². The van der Waals surface area contributed by atoms with Gasteiger partial charge in [0.25, 0.3) is 5.91 Å². The SMILES string of the molecule is COc1cccc(OC)c1C(=O)NC(C)(C)c1cccc(Cl)c1. The largest absolute Gasteiger partial charge is 0.496 e. The molecule has 0 aliphatic carbocycles. The number of hydrogen-bond acceptors (Lipinski definition) is 3. The zero-order valence-electron chi connectivity index (χ0n) is 13.6. The summed E-state index contributed by atoms with van der Waals surface area (Å²) in [6.07, 6.45) is 0. The molecule has 2 aromatic rings. The van der Waals surface area contributed by atoms with Gasteiger partial charge in [0.15, 0.2) is 0 Å². The molecule has 122 valence electrons. The third-order valence-corrected chi connectivity index (χ3v) is 3.86. The average Bonchev–Trinajstić information content (AvgIpc) is 2.53. The second-order valence-corrected chi connectivity index (χ2v) is 6.06. The van der Waals surface area contributed by atoms with Crippen LogP contribution in [-0.4, -0.2) is 20.1 Å². The molecule has 2 aromatic carbocycles. The Morgan fingerprint density at radius 3 is 2.13 bits per heavy atom. The molecular formula is C18H20ClNO3. The quantitative estimate of drug-likeness (QED) is 0.899. The fourth-order valence-electron chi connectivity index (χ4n) is 2.37. The highest BCUT2D eigenvalue weighted by molar-refractivity contribution is 6.30. The van der Waals surface area contributed by atoms with E-state index in [-0.39, 0.29) is 5.91 Å². The maximum absolute atomic E-state index is 12.8. The smallest absolute Gasteiger partial charge is 0.259 e. The number of halogens is 1. The number of nitrogens with one attached hydrogen (secondary N) is 1. The van der Waals surface area contributed by atoms with Crippen LogP contribution in [0.1, 0.15) is 29.8 Å². The first-order valence-electron chi connectivity index (χ1n) is 7.18. The highest BCUT2D eigenvalue weighted by Crippen LogP contribution is 2.30. The van der Waals surface area contributed by atoms with Crippen molar-refractivity contribution >= 4 is 17.5 Å². The van der Waals surface area contributed by atoms with E-state index in [9.17, 15) is 4.79 Å². The van der Waals surface area contributed by atoms with Gasteiger partial charge in [0.2, 0.25) is 0 Å². The van der Waals surface area contributed by atoms with Gasteiger partial charge in [-0.3, -0.25) is 4.79 Å². The molecule has 2 rings (SSSR count). The first kappa shape index (κ1) is 17.2. The lowest BCUT2D eigenvalue weighted by atomic mass is 9.93. The van der Waals surface area contributed by atoms with Crippen LogP contribution < -0.4 is 14.8 Å². The van der Waals surface area contributed by atoms with Crippen LogP contribution in [0, 0.1) is 0 Å². The molecule has 0 spiro atoms. The van der Waals surface area contributed by atoms with E-state index >= 15 is 0 Å². The molecule has 0 saturated heterocycles. The first-order chi connectivity index (χ1) is 10.9. The predicted octanol–water partition coefficient (Wildman–Crippen LogP) is 4.02. The number of ether oxygens (including phenoxy) is 2. The van der Waals surface area contributed by atoms with Gasteiger partial charge in [-0.2, -0.15) is 0 Å². The Hall–Kier alpha value is -2.20. The number of methoxy groups -OCH3 is 2. The molecule has 0 saturated carbocycles. The molecule has 23 heavy (non-hydrogen) atoms. The van der Waals surface area contributed by atoms with Crippen LogP contribution in [0.25, 0.3) is 0 Å². The lowest BCUT2D eigenvalue weighted by Gasteiger charge is -2.28. The Labute approximate surface area is 141 Å². The van der Waals surface area contributed by atoms with Gasteiger partial charge in [-0.15, -0.1) is 0 Å². The zero-order valence-corrected chi connectivity index (χ0v) is 14.4. The molecule has 1 amide bonds. The summed E-state index contributed by atoms with van der Waals surface area (Å²) in [5.41, 5.74) is 0.674. The minimum Gasteiger partial charge on any atom is -0.496 e. The van der Waals surface area contributed by atoms with Gasteiger partial charge in [0, 0.05) is 5.02 Å². The van der Waals surface area contributed by atoms with Gasteiger partial charge in [-0.1, -0.05) is 29.8 Å². The van der Waals surface area contributed by atoms with Crippen LogP contribution in [0.2, 0.25) is 5.02 Å². The summed E-state index contributed by atoms with van der Waals surface area (Å²) in [5, 5.41) is 3.63. The summed E-state index contributed by atoms with van der Waals surface area (Å²) in [4.78, 5) is 12.8. The number of carbonyl (C=O) groups excluding carboxylic acids is 1. The number of amides is 1. The molecule has 0 atom stereocenters. The van der Waals surface area contributed by atoms with E-state index in [0.717, 1.165) is 5.56 Å². The summed E-state index contributed by atoms with van der Waals surface area (Å²) in [6, 6.07) is 12.6. The summed E-state index contributed by atoms with van der Waals surface area (Å²) in [5.74, 6) is 0.650. The van der Waals surface area contributed by atoms with E-state index < -0.39 is 5.54 Å². The minimum atomic E-state index is -0.603. The van der Waals surface area contributed by atoms with Crippen molar-refractivity contribution in [3.05, 3.63) is 58.6 Å². The third kappa shape index (κ3) is 3.77. The molecule has 0 bridgehead atoms. The molecule has 0 aliphatic heterocycles. The van der Waals surface area contributed by atoms with Crippen molar-refractivity contribution in [1.82, 2.24) is 5.32 Å². The predicted molar refractivity (Wildman–Crippen MR) is 91.5 cm³/mol. The molecule has 0 aliphatic rings. The van der Waals surface area contributed by atoms with Crippen LogP contribution >= 0.6 is 11.6 Å². The molecule has 1 N–H and O–H groups in total. The molecule has 0 aromatic heterocycles. The second kappa shape index (κ2) is 6.92. The van der Waals surface area contributed by atoms with Crippen molar-refractivity contribution in [3.63, 3.8) is 0 Å². The molecular weight excluding hydrogens is 314 g/mol. The topological polar surface area (TPSA) is 47.6 Å². The Morgan fingerprint density at radius 2 is 1.61 bits per heavy atom. The minimum absolute atomic E-state index is 0.274. The van der Waals surface area contributed by atoms with E-state index in [2.05, 4.69) is 5.32 Å². The highest BCUT2D eigenvalue weighted by Gasteiger charge is 2.27. The van der Waals surface area contributed by atoms with Crippen molar-refractivity contribution in [2.24, 2.45) is 0 Å². The van der Waals surface area contributed by atoms with Crippen molar-refractivity contribution in [1.29, 1.82) is 0 Å². The molecule has 5 heteroatoms. The van der Waals surface area contributed by atoms with Gasteiger partial charge >= 0.3 is 0 Å².